The lowest BCUT2D eigenvalue weighted by Gasteiger charge is -2.18. The first-order valence-electron chi connectivity index (χ1n) is 7.86. The third kappa shape index (κ3) is 4.25. The highest BCUT2D eigenvalue weighted by atomic mass is 35.5. The second-order valence-electron chi connectivity index (χ2n) is 5.49. The molecule has 1 aliphatic rings. The minimum Gasteiger partial charge on any atom is -0.486 e. The third-order valence-electron chi connectivity index (χ3n) is 3.58. The molecular weight excluding hydrogens is 360 g/mol. The van der Waals surface area contributed by atoms with Gasteiger partial charge in [0.2, 0.25) is 5.91 Å². The lowest BCUT2D eigenvalue weighted by Crippen LogP contribution is -2.18. The van der Waals surface area contributed by atoms with Crippen LogP contribution in [0.1, 0.15) is 10.4 Å². The van der Waals surface area contributed by atoms with Crippen LogP contribution in [0.4, 0.5) is 11.4 Å². The lowest BCUT2D eigenvalue weighted by atomic mass is 10.1. The van der Waals surface area contributed by atoms with Crippen LogP contribution < -0.4 is 20.1 Å². The van der Waals surface area contributed by atoms with E-state index in [4.69, 9.17) is 25.8 Å². The van der Waals surface area contributed by atoms with Gasteiger partial charge in [0.25, 0.3) is 5.91 Å². The molecule has 2 N–H and O–H groups in total. The highest BCUT2D eigenvalue weighted by molar-refractivity contribution is 6.34. The predicted octanol–water partition coefficient (Wildman–Crippen LogP) is 2.95. The van der Waals surface area contributed by atoms with Gasteiger partial charge in [-0.2, -0.15) is 0 Å². The van der Waals surface area contributed by atoms with Crippen LogP contribution in [-0.4, -0.2) is 38.7 Å². The molecule has 0 radical (unpaired) electrons. The maximum atomic E-state index is 12.4. The summed E-state index contributed by atoms with van der Waals surface area (Å²) in [6.07, 6.45) is 0. The van der Waals surface area contributed by atoms with Crippen LogP contribution >= 0.6 is 11.6 Å². The van der Waals surface area contributed by atoms with E-state index in [0.717, 1.165) is 0 Å². The van der Waals surface area contributed by atoms with Crippen molar-refractivity contribution in [3.63, 3.8) is 0 Å². The Bertz CT molecular complexity index is 840. The average Bonchev–Trinajstić information content (AvgIpc) is 2.64. The van der Waals surface area contributed by atoms with E-state index in [9.17, 15) is 9.59 Å². The Morgan fingerprint density at radius 1 is 1.08 bits per heavy atom. The Morgan fingerprint density at radius 2 is 1.85 bits per heavy atom. The summed E-state index contributed by atoms with van der Waals surface area (Å²) in [5.41, 5.74) is 1.37. The molecule has 0 bridgehead atoms. The van der Waals surface area contributed by atoms with Gasteiger partial charge in [0.1, 0.15) is 19.8 Å². The van der Waals surface area contributed by atoms with Gasteiger partial charge in [-0.05, 0) is 36.4 Å². The Kier molecular flexibility index (Phi) is 5.60. The van der Waals surface area contributed by atoms with Crippen molar-refractivity contribution in [2.45, 2.75) is 0 Å². The molecule has 136 valence electrons. The molecule has 0 atom stereocenters. The van der Waals surface area contributed by atoms with Crippen molar-refractivity contribution in [1.29, 1.82) is 0 Å². The number of amides is 2. The molecule has 3 rings (SSSR count). The topological polar surface area (TPSA) is 85.9 Å². The van der Waals surface area contributed by atoms with Gasteiger partial charge in [0.15, 0.2) is 11.5 Å². The Balaban J connectivity index is 1.69. The molecule has 26 heavy (non-hydrogen) atoms. The lowest BCUT2D eigenvalue weighted by molar-refractivity contribution is -0.119. The largest absolute Gasteiger partial charge is 0.486 e. The molecule has 2 amide bonds. The molecule has 2 aromatic carbocycles. The van der Waals surface area contributed by atoms with Crippen molar-refractivity contribution in [1.82, 2.24) is 0 Å². The van der Waals surface area contributed by atoms with Crippen molar-refractivity contribution in [3.05, 3.63) is 47.0 Å². The van der Waals surface area contributed by atoms with E-state index in [2.05, 4.69) is 10.6 Å². The number of carbonyl (C=O) groups excluding carboxylic acids is 2. The number of ether oxygens (including phenoxy) is 3. The van der Waals surface area contributed by atoms with Gasteiger partial charge >= 0.3 is 0 Å². The molecular formula is C18H17ClN2O5. The first-order valence-corrected chi connectivity index (χ1v) is 8.24. The molecule has 2 aromatic rings. The number of anilines is 2. The first-order chi connectivity index (χ1) is 12.6. The summed E-state index contributed by atoms with van der Waals surface area (Å²) in [7, 11) is 1.43. The minimum absolute atomic E-state index is 0.0705. The SMILES string of the molecule is COCC(=O)Nc1ccc(NC(=O)c2ccc3c(c2)OCCO3)cc1Cl. The Morgan fingerprint density at radius 3 is 2.58 bits per heavy atom. The number of hydrogen-bond acceptors (Lipinski definition) is 5. The number of nitrogens with one attached hydrogen (secondary N) is 2. The van der Waals surface area contributed by atoms with Crippen molar-refractivity contribution in [3.8, 4) is 11.5 Å². The van der Waals surface area contributed by atoms with Crippen molar-refractivity contribution >= 4 is 34.8 Å². The summed E-state index contributed by atoms with van der Waals surface area (Å²) in [6.45, 7) is 0.868. The highest BCUT2D eigenvalue weighted by Gasteiger charge is 2.15. The molecule has 0 spiro atoms. The fourth-order valence-corrected chi connectivity index (χ4v) is 2.63. The number of carbonyl (C=O) groups is 2. The molecule has 8 heteroatoms. The summed E-state index contributed by atoms with van der Waals surface area (Å²) >= 11 is 6.15. The first kappa shape index (κ1) is 18.0. The van der Waals surface area contributed by atoms with Crippen molar-refractivity contribution in [2.24, 2.45) is 0 Å². The van der Waals surface area contributed by atoms with E-state index in [-0.39, 0.29) is 18.4 Å². The van der Waals surface area contributed by atoms with Crippen LogP contribution in [-0.2, 0) is 9.53 Å². The van der Waals surface area contributed by atoms with Crippen molar-refractivity contribution in [2.75, 3.05) is 37.6 Å². The monoisotopic (exact) mass is 376 g/mol. The maximum Gasteiger partial charge on any atom is 0.255 e. The van der Waals surface area contributed by atoms with E-state index in [1.807, 2.05) is 0 Å². The molecule has 0 aliphatic carbocycles. The van der Waals surface area contributed by atoms with Crippen LogP contribution in [0.2, 0.25) is 5.02 Å². The minimum atomic E-state index is -0.317. The molecule has 1 heterocycles. The average molecular weight is 377 g/mol. The van der Waals surface area contributed by atoms with Crippen LogP contribution in [0, 0.1) is 0 Å². The molecule has 0 saturated carbocycles. The second-order valence-corrected chi connectivity index (χ2v) is 5.90. The number of benzene rings is 2. The van der Waals surface area contributed by atoms with Crippen LogP contribution in [0.15, 0.2) is 36.4 Å². The van der Waals surface area contributed by atoms with E-state index < -0.39 is 0 Å². The van der Waals surface area contributed by atoms with Crippen LogP contribution in [0.25, 0.3) is 0 Å². The zero-order valence-corrected chi connectivity index (χ0v) is 14.8. The summed E-state index contributed by atoms with van der Waals surface area (Å²) in [5.74, 6) is 0.529. The van der Waals surface area contributed by atoms with Gasteiger partial charge in [0.05, 0.1) is 10.7 Å². The number of methoxy groups -OCH3 is 1. The van der Waals surface area contributed by atoms with Crippen molar-refractivity contribution < 1.29 is 23.8 Å². The fourth-order valence-electron chi connectivity index (χ4n) is 2.40. The van der Waals surface area contributed by atoms with Gasteiger partial charge in [-0.1, -0.05) is 11.6 Å². The molecule has 0 aromatic heterocycles. The summed E-state index contributed by atoms with van der Waals surface area (Å²) < 4.78 is 15.7. The third-order valence-corrected chi connectivity index (χ3v) is 3.89. The molecule has 0 unspecified atom stereocenters. The number of hydrogen-bond donors (Lipinski definition) is 2. The smallest absolute Gasteiger partial charge is 0.255 e. The van der Waals surface area contributed by atoms with Crippen LogP contribution in [0.5, 0.6) is 11.5 Å². The van der Waals surface area contributed by atoms with E-state index >= 15 is 0 Å². The number of fused-ring (bicyclic) bond motifs is 1. The summed E-state index contributed by atoms with van der Waals surface area (Å²) in [6, 6.07) is 9.79. The zero-order valence-electron chi connectivity index (χ0n) is 14.0. The summed E-state index contributed by atoms with van der Waals surface area (Å²) in [5, 5.41) is 5.67. The van der Waals surface area contributed by atoms with E-state index in [0.29, 0.717) is 46.7 Å². The fraction of sp³-hybridized carbons (Fsp3) is 0.222. The van der Waals surface area contributed by atoms with E-state index in [1.165, 1.54) is 7.11 Å². The standard InChI is InChI=1S/C18H17ClN2O5/c1-24-10-17(22)21-14-4-3-12(9-13(14)19)20-18(23)11-2-5-15-16(8-11)26-7-6-25-15/h2-5,8-9H,6-7,10H2,1H3,(H,20,23)(H,21,22). The van der Waals surface area contributed by atoms with Gasteiger partial charge in [-0.25, -0.2) is 0 Å². The molecule has 1 aliphatic heterocycles. The normalized spacial score (nSPS) is 12.4. The van der Waals surface area contributed by atoms with E-state index in [1.54, 1.807) is 36.4 Å². The predicted molar refractivity (Wildman–Crippen MR) is 97.3 cm³/mol. The van der Waals surface area contributed by atoms with Gasteiger partial charge in [-0.15, -0.1) is 0 Å². The molecule has 0 saturated heterocycles. The summed E-state index contributed by atoms with van der Waals surface area (Å²) in [4.78, 5) is 24.0. The molecule has 0 fully saturated rings. The molecule has 7 nitrogen and oxygen atoms in total. The Labute approximate surface area is 155 Å². The quantitative estimate of drug-likeness (QED) is 0.838. The van der Waals surface area contributed by atoms with Gasteiger partial charge in [0, 0.05) is 18.4 Å². The maximum absolute atomic E-state index is 12.4. The van der Waals surface area contributed by atoms with Gasteiger partial charge in [-0.3, -0.25) is 9.59 Å². The Hall–Kier alpha value is -2.77. The highest BCUT2D eigenvalue weighted by Crippen LogP contribution is 2.31. The van der Waals surface area contributed by atoms with Gasteiger partial charge < -0.3 is 24.8 Å². The number of halogens is 1. The number of rotatable bonds is 5. The second kappa shape index (κ2) is 8.07. The zero-order chi connectivity index (χ0) is 18.5. The van der Waals surface area contributed by atoms with Crippen LogP contribution in [0.3, 0.4) is 0 Å².